The van der Waals surface area contributed by atoms with Crippen LogP contribution in [0.15, 0.2) is 51.0 Å². The van der Waals surface area contributed by atoms with Gasteiger partial charge < -0.3 is 25.7 Å². The molecule has 0 aliphatic carbocycles. The number of rotatable bonds is 9. The summed E-state index contributed by atoms with van der Waals surface area (Å²) >= 11 is 3.53. The van der Waals surface area contributed by atoms with E-state index in [1.165, 1.54) is 5.38 Å². The average molecular weight is 618 g/mol. The number of carbonyl (C=O) groups is 4. The van der Waals surface area contributed by atoms with Crippen LogP contribution in [0.4, 0.5) is 18.3 Å². The Labute approximate surface area is 235 Å². The van der Waals surface area contributed by atoms with Crippen molar-refractivity contribution >= 4 is 69.5 Å². The Hall–Kier alpha value is -3.77. The van der Waals surface area contributed by atoms with E-state index in [2.05, 4.69) is 20.3 Å². The van der Waals surface area contributed by atoms with Crippen LogP contribution in [0, 0.1) is 0 Å². The van der Waals surface area contributed by atoms with Crippen molar-refractivity contribution in [2.75, 3.05) is 24.3 Å². The number of carboxylic acid groups (broad SMARTS) is 1. The zero-order valence-corrected chi connectivity index (χ0v) is 22.6. The largest absolute Gasteiger partial charge is 0.493 e. The van der Waals surface area contributed by atoms with Gasteiger partial charge in [0.05, 0.1) is 0 Å². The molecule has 4 rings (SSSR count). The van der Waals surface area contributed by atoms with Gasteiger partial charge in [0.1, 0.15) is 35.2 Å². The highest BCUT2D eigenvalue weighted by Crippen LogP contribution is 2.40. The first kappa shape index (κ1) is 29.2. The molecule has 2 amide bonds. The van der Waals surface area contributed by atoms with Crippen LogP contribution in [-0.4, -0.2) is 80.7 Å². The molecular formula is C22H18F3N5O7S3. The lowest BCUT2D eigenvalue weighted by Crippen LogP contribution is -2.71. The summed E-state index contributed by atoms with van der Waals surface area (Å²) < 4.78 is 43.3. The number of amides is 2. The molecule has 12 nitrogen and oxygen atoms in total. The number of aliphatic carboxylic acids is 1. The smallest absolute Gasteiger partial charge is 0.489 e. The highest BCUT2D eigenvalue weighted by atomic mass is 32.2. The van der Waals surface area contributed by atoms with Crippen LogP contribution in [0.1, 0.15) is 5.69 Å². The maximum Gasteiger partial charge on any atom is 0.493 e. The Morgan fingerprint density at radius 2 is 2.00 bits per heavy atom. The van der Waals surface area contributed by atoms with Crippen molar-refractivity contribution in [3.05, 3.63) is 46.6 Å². The van der Waals surface area contributed by atoms with Gasteiger partial charge in [0, 0.05) is 21.6 Å². The number of hydrogen-bond acceptors (Lipinski definition) is 12. The van der Waals surface area contributed by atoms with Crippen LogP contribution in [0.3, 0.4) is 0 Å². The van der Waals surface area contributed by atoms with Gasteiger partial charge in [-0.1, -0.05) is 5.16 Å². The molecule has 0 bridgehead atoms. The summed E-state index contributed by atoms with van der Waals surface area (Å²) in [6, 6.07) is 5.88. The molecule has 1 aromatic carbocycles. The van der Waals surface area contributed by atoms with Crippen LogP contribution in [0.5, 0.6) is 5.75 Å². The van der Waals surface area contributed by atoms with Crippen molar-refractivity contribution in [1.29, 1.82) is 0 Å². The Balaban J connectivity index is 1.49. The topological polar surface area (TPSA) is 174 Å². The summed E-state index contributed by atoms with van der Waals surface area (Å²) in [4.78, 5) is 58.6. The first-order valence-electron chi connectivity index (χ1n) is 11.0. The number of alkyl halides is 3. The number of oxime groups is 1. The summed E-state index contributed by atoms with van der Waals surface area (Å²) in [6.45, 7) is -0.104. The van der Waals surface area contributed by atoms with E-state index >= 15 is 0 Å². The molecule has 40 heavy (non-hydrogen) atoms. The van der Waals surface area contributed by atoms with E-state index in [0.717, 1.165) is 32.9 Å². The number of thioether (sulfide) groups is 2. The van der Waals surface area contributed by atoms with Crippen LogP contribution < -0.4 is 15.8 Å². The van der Waals surface area contributed by atoms with Crippen molar-refractivity contribution < 1.29 is 47.0 Å². The number of nitrogen functional groups attached to an aromatic ring is 1. The molecule has 2 atom stereocenters. The van der Waals surface area contributed by atoms with Gasteiger partial charge in [-0.15, -0.1) is 34.9 Å². The second kappa shape index (κ2) is 11.8. The van der Waals surface area contributed by atoms with Gasteiger partial charge in [-0.25, -0.2) is 14.6 Å². The number of thiazole rings is 1. The van der Waals surface area contributed by atoms with Gasteiger partial charge in [0.25, 0.3) is 11.8 Å². The molecule has 1 unspecified atom stereocenters. The standard InChI is InChI=1S/C22H18F3N5O7S3/c1-38-11-4-2-10(3-5-11)36-6-9-7-39-18-14(17(32)30(18)15(9)19(33)34)28-16(31)13(12-8-40-21(26)27-12)29-37-20(35)22(23,24)25/h2-5,8,14,18H,6-7H2,1H3,(H2,26,27)(H,28,31)(H,33,34)/t14?,18-/m0/s1. The number of aromatic nitrogens is 1. The predicted octanol–water partition coefficient (Wildman–Crippen LogP) is 2.07. The van der Waals surface area contributed by atoms with Crippen molar-refractivity contribution in [2.24, 2.45) is 5.16 Å². The number of nitrogens with two attached hydrogens (primary N) is 1. The monoisotopic (exact) mass is 617 g/mol. The van der Waals surface area contributed by atoms with E-state index < -0.39 is 47.1 Å². The van der Waals surface area contributed by atoms with Crippen LogP contribution in [0.25, 0.3) is 0 Å². The lowest BCUT2D eigenvalue weighted by atomic mass is 10.0. The van der Waals surface area contributed by atoms with Gasteiger partial charge in [-0.3, -0.25) is 14.5 Å². The van der Waals surface area contributed by atoms with Crippen molar-refractivity contribution in [3.63, 3.8) is 0 Å². The van der Waals surface area contributed by atoms with Crippen LogP contribution in [-0.2, 0) is 24.0 Å². The molecule has 18 heteroatoms. The zero-order chi connectivity index (χ0) is 29.2. The fraction of sp³-hybridized carbons (Fsp3) is 0.273. The molecule has 212 valence electrons. The molecule has 0 spiro atoms. The SMILES string of the molecule is CSc1ccc(OCC2=C(C(=O)O)N3C(=O)C(NC(=O)C(=NOC(=O)C(F)(F)F)c4csc(N)n4)[C@@H]3SC2)cc1. The molecule has 0 radical (unpaired) electrons. The predicted molar refractivity (Wildman–Crippen MR) is 139 cm³/mol. The van der Waals surface area contributed by atoms with Crippen molar-refractivity contribution in [1.82, 2.24) is 15.2 Å². The number of ether oxygens (including phenoxy) is 1. The van der Waals surface area contributed by atoms with E-state index in [0.29, 0.717) is 11.3 Å². The van der Waals surface area contributed by atoms with Crippen LogP contribution >= 0.6 is 34.9 Å². The highest BCUT2D eigenvalue weighted by molar-refractivity contribution is 8.00. The number of carbonyl (C=O) groups excluding carboxylic acids is 3. The summed E-state index contributed by atoms with van der Waals surface area (Å²) in [5, 5.41) is 15.4. The van der Waals surface area contributed by atoms with E-state index in [-0.39, 0.29) is 28.9 Å². The first-order chi connectivity index (χ1) is 18.9. The van der Waals surface area contributed by atoms with E-state index in [9.17, 15) is 37.5 Å². The lowest BCUT2D eigenvalue weighted by Gasteiger charge is -2.49. The number of halogens is 3. The maximum absolute atomic E-state index is 12.9. The molecule has 1 aromatic heterocycles. The van der Waals surface area contributed by atoms with Gasteiger partial charge in [-0.05, 0) is 30.5 Å². The summed E-state index contributed by atoms with van der Waals surface area (Å²) in [6.07, 6.45) is -3.46. The third kappa shape index (κ3) is 6.18. The molecule has 1 saturated heterocycles. The minimum atomic E-state index is -5.38. The average Bonchev–Trinajstić information content (AvgIpc) is 3.35. The molecule has 2 aliphatic rings. The fourth-order valence-corrected chi connectivity index (χ4v) is 5.87. The number of anilines is 1. The first-order valence-corrected chi connectivity index (χ1v) is 14.1. The van der Waals surface area contributed by atoms with Gasteiger partial charge in [-0.2, -0.15) is 13.2 Å². The molecule has 2 aliphatic heterocycles. The maximum atomic E-state index is 12.9. The molecular weight excluding hydrogens is 599 g/mol. The van der Waals surface area contributed by atoms with Crippen molar-refractivity contribution in [3.8, 4) is 5.75 Å². The highest BCUT2D eigenvalue weighted by Gasteiger charge is 2.54. The zero-order valence-electron chi connectivity index (χ0n) is 20.1. The van der Waals surface area contributed by atoms with Gasteiger partial charge >= 0.3 is 18.1 Å². The fourth-order valence-electron chi connectivity index (χ4n) is 3.59. The minimum Gasteiger partial charge on any atom is -0.489 e. The van der Waals surface area contributed by atoms with E-state index in [4.69, 9.17) is 10.5 Å². The van der Waals surface area contributed by atoms with Crippen molar-refractivity contribution in [2.45, 2.75) is 22.5 Å². The number of nitrogens with zero attached hydrogens (tertiary/aromatic N) is 3. The Kier molecular flexibility index (Phi) is 8.59. The normalized spacial score (nSPS) is 19.1. The third-order valence-corrected chi connectivity index (χ3v) is 8.20. The number of benzene rings is 1. The van der Waals surface area contributed by atoms with Gasteiger partial charge in [0.15, 0.2) is 10.8 Å². The summed E-state index contributed by atoms with van der Waals surface area (Å²) in [7, 11) is 0. The number of hydrogen-bond donors (Lipinski definition) is 3. The Bertz CT molecular complexity index is 1410. The molecule has 4 N–H and O–H groups in total. The second-order valence-electron chi connectivity index (χ2n) is 7.97. The van der Waals surface area contributed by atoms with E-state index in [1.54, 1.807) is 23.9 Å². The number of nitrogens with one attached hydrogen (secondary N) is 1. The molecule has 2 aromatic rings. The minimum absolute atomic E-state index is 0.0578. The third-order valence-electron chi connectivity index (χ3n) is 5.44. The number of β-lactam (4-membered cyclic amide) rings is 1. The number of fused-ring (bicyclic) bond motifs is 1. The molecule has 1 fully saturated rings. The quantitative estimate of drug-likeness (QED) is 0.124. The lowest BCUT2D eigenvalue weighted by molar-refractivity contribution is -0.199. The number of carboxylic acids is 1. The summed E-state index contributed by atoms with van der Waals surface area (Å²) in [5.74, 6) is -5.38. The molecule has 3 heterocycles. The Morgan fingerprint density at radius 3 is 2.58 bits per heavy atom. The molecule has 0 saturated carbocycles. The Morgan fingerprint density at radius 1 is 1.30 bits per heavy atom. The van der Waals surface area contributed by atoms with E-state index in [1.807, 2.05) is 18.4 Å². The van der Waals surface area contributed by atoms with Gasteiger partial charge in [0.2, 0.25) is 0 Å². The second-order valence-corrected chi connectivity index (χ2v) is 10.8. The van der Waals surface area contributed by atoms with Crippen LogP contribution in [0.2, 0.25) is 0 Å². The summed E-state index contributed by atoms with van der Waals surface area (Å²) in [5.41, 5.74) is 4.42.